The molecule has 0 aromatic carbocycles. The second-order valence-corrected chi connectivity index (χ2v) is 17.5. The highest BCUT2D eigenvalue weighted by atomic mass is 31.2. The van der Waals surface area contributed by atoms with E-state index in [1.54, 1.807) is 6.08 Å². The summed E-state index contributed by atoms with van der Waals surface area (Å²) >= 11 is 0. The Hall–Kier alpha value is -2.03. The molecule has 0 rings (SSSR count). The van der Waals surface area contributed by atoms with Gasteiger partial charge in [-0.1, -0.05) is 166 Å². The number of carbonyl (C=O) groups excluding carboxylic acids is 2. The fourth-order valence-electron chi connectivity index (χ4n) is 5.89. The van der Waals surface area contributed by atoms with Crippen LogP contribution < -0.4 is 4.89 Å². The van der Waals surface area contributed by atoms with Crippen molar-refractivity contribution in [3.05, 3.63) is 48.6 Å². The van der Waals surface area contributed by atoms with Crippen LogP contribution in [0, 0.1) is 0 Å². The van der Waals surface area contributed by atoms with Crippen molar-refractivity contribution in [2.24, 2.45) is 0 Å². The van der Waals surface area contributed by atoms with Crippen molar-refractivity contribution in [1.82, 2.24) is 0 Å². The van der Waals surface area contributed by atoms with Crippen molar-refractivity contribution < 1.29 is 42.1 Å². The summed E-state index contributed by atoms with van der Waals surface area (Å²) in [5, 5.41) is 0. The van der Waals surface area contributed by atoms with Gasteiger partial charge in [0, 0.05) is 12.5 Å². The van der Waals surface area contributed by atoms with E-state index in [0.29, 0.717) is 17.4 Å². The molecule has 0 spiro atoms. The molecule has 0 N–H and O–H groups in total. The summed E-state index contributed by atoms with van der Waals surface area (Å²) in [4.78, 5) is 37.4. The van der Waals surface area contributed by atoms with Gasteiger partial charge in [0.1, 0.15) is 19.8 Å². The molecule has 1 unspecified atom stereocenters. The quantitative estimate of drug-likeness (QED) is 0.0114. The number of phosphoric ester groups is 1. The molecule has 56 heavy (non-hydrogen) atoms. The van der Waals surface area contributed by atoms with Gasteiger partial charge in [0.2, 0.25) is 0 Å². The average Bonchev–Trinajstić information content (AvgIpc) is 3.15. The summed E-state index contributed by atoms with van der Waals surface area (Å²) < 4.78 is 33.7. The lowest BCUT2D eigenvalue weighted by Gasteiger charge is -2.28. The minimum absolute atomic E-state index is 0.0462. The number of ether oxygens (including phenoxy) is 2. The number of nitrogens with zero attached hydrogens (tertiary/aromatic N) is 1. The summed E-state index contributed by atoms with van der Waals surface area (Å²) in [5.41, 5.74) is 0. The number of esters is 2. The average molecular weight is 810 g/mol. The number of unbranched alkanes of at least 4 members (excludes halogenated alkanes) is 21. The Morgan fingerprint density at radius 2 is 1.09 bits per heavy atom. The maximum Gasteiger partial charge on any atom is 0.330 e. The monoisotopic (exact) mass is 810 g/mol. The highest BCUT2D eigenvalue weighted by Crippen LogP contribution is 2.38. The molecule has 326 valence electrons. The van der Waals surface area contributed by atoms with Crippen LogP contribution in [0.1, 0.15) is 181 Å². The third-order valence-electron chi connectivity index (χ3n) is 9.43. The lowest BCUT2D eigenvalue weighted by molar-refractivity contribution is -0.870. The lowest BCUT2D eigenvalue weighted by atomic mass is 10.1. The first-order chi connectivity index (χ1) is 27.0. The molecule has 10 heteroatoms. The molecule has 9 nitrogen and oxygen atoms in total. The van der Waals surface area contributed by atoms with Crippen LogP contribution in [0.15, 0.2) is 48.6 Å². The fraction of sp³-hybridized carbons (Fsp3) is 0.783. The SMILES string of the molecule is CCCCC/C=C/C/C=C/CCCCCCCCCC(=O)O[C@H](COC(=O)/C=C/C=C/CCCCCCCCCCCCC)COP(=O)([O-])OCC[N+](C)(C)C. The maximum absolute atomic E-state index is 12.7. The predicted molar refractivity (Wildman–Crippen MR) is 231 cm³/mol. The number of allylic oxidation sites excluding steroid dienone is 7. The van der Waals surface area contributed by atoms with Gasteiger partial charge in [0.15, 0.2) is 6.10 Å². The van der Waals surface area contributed by atoms with Gasteiger partial charge in [0.25, 0.3) is 7.82 Å². The highest BCUT2D eigenvalue weighted by molar-refractivity contribution is 7.45. The van der Waals surface area contributed by atoms with E-state index in [2.05, 4.69) is 38.2 Å². The zero-order valence-corrected chi connectivity index (χ0v) is 37.5. The maximum atomic E-state index is 12.7. The first-order valence-corrected chi connectivity index (χ1v) is 23.8. The number of quaternary nitrogens is 1. The topological polar surface area (TPSA) is 111 Å². The molecule has 0 saturated carbocycles. The summed E-state index contributed by atoms with van der Waals surface area (Å²) in [6.07, 6.45) is 44.8. The molecular weight excluding hydrogens is 725 g/mol. The van der Waals surface area contributed by atoms with E-state index in [1.807, 2.05) is 33.3 Å². The number of hydrogen-bond acceptors (Lipinski definition) is 8. The molecule has 0 bridgehead atoms. The minimum Gasteiger partial charge on any atom is -0.756 e. The molecule has 2 atom stereocenters. The van der Waals surface area contributed by atoms with Crippen LogP contribution >= 0.6 is 7.82 Å². The lowest BCUT2D eigenvalue weighted by Crippen LogP contribution is -2.37. The molecule has 0 saturated heterocycles. The highest BCUT2D eigenvalue weighted by Gasteiger charge is 2.21. The molecule has 0 radical (unpaired) electrons. The smallest absolute Gasteiger partial charge is 0.330 e. The Morgan fingerprint density at radius 3 is 1.64 bits per heavy atom. The number of hydrogen-bond donors (Lipinski definition) is 0. The molecule has 0 aliphatic carbocycles. The van der Waals surface area contributed by atoms with E-state index in [1.165, 1.54) is 115 Å². The van der Waals surface area contributed by atoms with E-state index < -0.39 is 32.5 Å². The normalized spacial score (nSPS) is 14.0. The van der Waals surface area contributed by atoms with Crippen molar-refractivity contribution >= 4 is 19.8 Å². The first-order valence-electron chi connectivity index (χ1n) is 22.4. The van der Waals surface area contributed by atoms with Crippen molar-refractivity contribution in [1.29, 1.82) is 0 Å². The zero-order chi connectivity index (χ0) is 41.4. The minimum atomic E-state index is -4.65. The van der Waals surface area contributed by atoms with E-state index >= 15 is 0 Å². The van der Waals surface area contributed by atoms with E-state index in [-0.39, 0.29) is 19.6 Å². The second-order valence-electron chi connectivity index (χ2n) is 16.1. The van der Waals surface area contributed by atoms with Crippen LogP contribution in [0.25, 0.3) is 0 Å². The van der Waals surface area contributed by atoms with Crippen LogP contribution in [0.5, 0.6) is 0 Å². The van der Waals surface area contributed by atoms with Gasteiger partial charge in [-0.2, -0.15) is 0 Å². The summed E-state index contributed by atoms with van der Waals surface area (Å²) in [5.74, 6) is -1.10. The van der Waals surface area contributed by atoms with Crippen molar-refractivity contribution in [2.45, 2.75) is 187 Å². The predicted octanol–water partition coefficient (Wildman–Crippen LogP) is 12.1. The van der Waals surface area contributed by atoms with Gasteiger partial charge in [-0.05, 0) is 51.4 Å². The van der Waals surface area contributed by atoms with Crippen LogP contribution in [0.2, 0.25) is 0 Å². The van der Waals surface area contributed by atoms with Crippen LogP contribution in [-0.2, 0) is 32.7 Å². The number of likely N-dealkylation sites (N-methyl/N-ethyl adjacent to an activating group) is 1. The zero-order valence-electron chi connectivity index (χ0n) is 36.6. The van der Waals surface area contributed by atoms with Gasteiger partial charge in [-0.3, -0.25) is 9.36 Å². The Morgan fingerprint density at radius 1 is 0.607 bits per heavy atom. The van der Waals surface area contributed by atoms with Crippen LogP contribution in [0.3, 0.4) is 0 Å². The standard InChI is InChI=1S/C46H84NO8P/c1-6-8-10-12-14-16-18-20-22-23-25-27-29-31-33-35-37-39-46(49)55-44(43-54-56(50,51)53-41-40-47(3,4)5)42-52-45(48)38-36-34-32-30-28-26-24-21-19-17-15-13-11-9-7-2/h14,16,20,22,32,34,36,38,44H,6-13,15,17-19,21,23-31,33,35,37,39-43H2,1-5H3/b16-14+,22-20+,34-32+,38-36+/t44-/m1/s1. The summed E-state index contributed by atoms with van der Waals surface area (Å²) in [7, 11) is 1.11. The van der Waals surface area contributed by atoms with E-state index in [9.17, 15) is 19.0 Å². The fourth-order valence-corrected chi connectivity index (χ4v) is 6.62. The van der Waals surface area contributed by atoms with Crippen molar-refractivity contribution in [2.75, 3.05) is 47.5 Å². The Bertz CT molecular complexity index is 1100. The van der Waals surface area contributed by atoms with Gasteiger partial charge < -0.3 is 27.9 Å². The third-order valence-corrected chi connectivity index (χ3v) is 10.4. The van der Waals surface area contributed by atoms with Crippen molar-refractivity contribution in [3.8, 4) is 0 Å². The number of carbonyl (C=O) groups is 2. The number of rotatable bonds is 40. The van der Waals surface area contributed by atoms with Crippen LogP contribution in [-0.4, -0.2) is 70.0 Å². The first kappa shape index (κ1) is 54.0. The van der Waals surface area contributed by atoms with Gasteiger partial charge >= 0.3 is 11.9 Å². The molecule has 0 heterocycles. The largest absolute Gasteiger partial charge is 0.756 e. The molecule has 0 aromatic rings. The molecule has 0 aromatic heterocycles. The summed E-state index contributed by atoms with van der Waals surface area (Å²) in [6.45, 7) is 4.06. The van der Waals surface area contributed by atoms with Gasteiger partial charge in [-0.15, -0.1) is 0 Å². The Balaban J connectivity index is 4.46. The second kappa shape index (κ2) is 38.5. The molecule has 0 amide bonds. The number of phosphoric acid groups is 1. The third kappa shape index (κ3) is 41.6. The van der Waals surface area contributed by atoms with Gasteiger partial charge in [-0.25, -0.2) is 4.79 Å². The Labute approximate surface area is 343 Å². The van der Waals surface area contributed by atoms with E-state index in [0.717, 1.165) is 44.9 Å². The van der Waals surface area contributed by atoms with Crippen molar-refractivity contribution in [3.63, 3.8) is 0 Å². The summed E-state index contributed by atoms with van der Waals surface area (Å²) in [6, 6.07) is 0. The Kier molecular flexibility index (Phi) is 37.1. The van der Waals surface area contributed by atoms with Crippen LogP contribution in [0.4, 0.5) is 0 Å². The molecule has 0 aliphatic heterocycles. The van der Waals surface area contributed by atoms with E-state index in [4.69, 9.17) is 18.5 Å². The molecule has 0 fully saturated rings. The van der Waals surface area contributed by atoms with Gasteiger partial charge in [0.05, 0.1) is 27.7 Å². The molecule has 0 aliphatic rings. The molecular formula is C46H84NO8P.